The van der Waals surface area contributed by atoms with Crippen molar-refractivity contribution in [3.05, 3.63) is 60.2 Å². The van der Waals surface area contributed by atoms with E-state index >= 15 is 0 Å². The summed E-state index contributed by atoms with van der Waals surface area (Å²) in [4.78, 5) is 33.8. The van der Waals surface area contributed by atoms with Crippen LogP contribution in [0, 0.1) is 18.8 Å². The lowest BCUT2D eigenvalue weighted by Gasteiger charge is -2.29. The van der Waals surface area contributed by atoms with Crippen molar-refractivity contribution in [2.75, 3.05) is 9.96 Å². The van der Waals surface area contributed by atoms with Gasteiger partial charge in [0.1, 0.15) is 0 Å². The molecule has 4 rings (SSSR count). The maximum atomic E-state index is 13.3. The van der Waals surface area contributed by atoms with Crippen molar-refractivity contribution in [1.82, 2.24) is 0 Å². The molecule has 0 spiro atoms. The number of anilines is 2. The molecule has 0 radical (unpaired) electrons. The molecule has 27 heavy (non-hydrogen) atoms. The molecular formula is C22H24N2O3. The minimum absolute atomic E-state index is 0.164. The molecule has 0 N–H and O–H groups in total. The van der Waals surface area contributed by atoms with E-state index in [2.05, 4.69) is 13.8 Å². The molecule has 0 saturated carbocycles. The molecule has 0 aliphatic carbocycles. The fourth-order valence-corrected chi connectivity index (χ4v) is 4.10. The van der Waals surface area contributed by atoms with Crippen molar-refractivity contribution < 1.29 is 14.4 Å². The maximum Gasteiger partial charge on any atom is 0.266 e. The third-order valence-corrected chi connectivity index (χ3v) is 5.32. The van der Waals surface area contributed by atoms with Gasteiger partial charge in [-0.05, 0) is 43.0 Å². The number of imide groups is 1. The molecule has 2 aliphatic heterocycles. The number of rotatable bonds is 4. The first-order valence-corrected chi connectivity index (χ1v) is 9.43. The normalized spacial score (nSPS) is 24.8. The Morgan fingerprint density at radius 2 is 1.63 bits per heavy atom. The van der Waals surface area contributed by atoms with Crippen molar-refractivity contribution in [3.8, 4) is 0 Å². The molecule has 2 fully saturated rings. The van der Waals surface area contributed by atoms with Crippen LogP contribution in [-0.2, 0) is 14.4 Å². The van der Waals surface area contributed by atoms with Crippen molar-refractivity contribution in [2.24, 2.45) is 11.8 Å². The second kappa shape index (κ2) is 6.82. The summed E-state index contributed by atoms with van der Waals surface area (Å²) in [6.45, 7) is 6.15. The minimum atomic E-state index is -0.763. The van der Waals surface area contributed by atoms with Gasteiger partial charge in [0.05, 0.1) is 23.3 Å². The van der Waals surface area contributed by atoms with Gasteiger partial charge in [-0.3, -0.25) is 14.4 Å². The number of para-hydroxylation sites is 2. The van der Waals surface area contributed by atoms with Gasteiger partial charge in [-0.1, -0.05) is 50.2 Å². The van der Waals surface area contributed by atoms with E-state index in [1.54, 1.807) is 5.06 Å². The molecule has 2 amide bonds. The number of carbonyl (C=O) groups is 2. The SMILES string of the molecule is Cc1ccccc1N1C(=O)[C@@H]2[C@H](ON(c3ccccc3)[C@@H]2CC(C)C)C1=O. The number of nitrogens with zero attached hydrogens (tertiary/aromatic N) is 2. The molecule has 2 saturated heterocycles. The molecule has 5 heteroatoms. The summed E-state index contributed by atoms with van der Waals surface area (Å²) in [5.74, 6) is -0.548. The van der Waals surface area contributed by atoms with E-state index < -0.39 is 12.0 Å². The van der Waals surface area contributed by atoms with Crippen LogP contribution in [0.15, 0.2) is 54.6 Å². The Hall–Kier alpha value is -2.66. The lowest BCUT2D eigenvalue weighted by Crippen LogP contribution is -2.41. The average Bonchev–Trinajstić information content (AvgIpc) is 3.13. The molecule has 2 aliphatic rings. The van der Waals surface area contributed by atoms with Crippen molar-refractivity contribution >= 4 is 23.2 Å². The first-order valence-electron chi connectivity index (χ1n) is 9.43. The Morgan fingerprint density at radius 1 is 0.963 bits per heavy atom. The second-order valence-electron chi connectivity index (χ2n) is 7.71. The fraction of sp³-hybridized carbons (Fsp3) is 0.364. The molecule has 2 aromatic carbocycles. The number of aryl methyl sites for hydroxylation is 1. The van der Waals surface area contributed by atoms with Gasteiger partial charge in [-0.25, -0.2) is 9.96 Å². The first kappa shape index (κ1) is 17.7. The Labute approximate surface area is 159 Å². The summed E-state index contributed by atoms with van der Waals surface area (Å²) in [6, 6.07) is 17.0. The summed E-state index contributed by atoms with van der Waals surface area (Å²) in [5, 5.41) is 1.78. The zero-order valence-electron chi connectivity index (χ0n) is 15.8. The molecular weight excluding hydrogens is 340 g/mol. The van der Waals surface area contributed by atoms with Crippen LogP contribution < -0.4 is 9.96 Å². The molecule has 140 valence electrons. The highest BCUT2D eigenvalue weighted by atomic mass is 16.7. The monoisotopic (exact) mass is 364 g/mol. The van der Waals surface area contributed by atoms with Gasteiger partial charge in [-0.15, -0.1) is 0 Å². The van der Waals surface area contributed by atoms with Gasteiger partial charge in [0, 0.05) is 0 Å². The van der Waals surface area contributed by atoms with Gasteiger partial charge < -0.3 is 0 Å². The predicted octanol–water partition coefficient (Wildman–Crippen LogP) is 3.72. The zero-order valence-corrected chi connectivity index (χ0v) is 15.8. The lowest BCUT2D eigenvalue weighted by atomic mass is 9.90. The van der Waals surface area contributed by atoms with Crippen LogP contribution in [0.4, 0.5) is 11.4 Å². The summed E-state index contributed by atoms with van der Waals surface area (Å²) in [5.41, 5.74) is 2.43. The highest BCUT2D eigenvalue weighted by molar-refractivity contribution is 6.24. The van der Waals surface area contributed by atoms with Crippen LogP contribution in [0.2, 0.25) is 0 Å². The van der Waals surface area contributed by atoms with Crippen molar-refractivity contribution in [3.63, 3.8) is 0 Å². The van der Waals surface area contributed by atoms with E-state index in [4.69, 9.17) is 4.84 Å². The molecule has 0 aromatic heterocycles. The number of hydrogen-bond acceptors (Lipinski definition) is 4. The Bertz CT molecular complexity index is 865. The van der Waals surface area contributed by atoms with Crippen LogP contribution in [0.1, 0.15) is 25.8 Å². The van der Waals surface area contributed by atoms with Crippen LogP contribution in [0.5, 0.6) is 0 Å². The topological polar surface area (TPSA) is 49.9 Å². The van der Waals surface area contributed by atoms with E-state index in [0.29, 0.717) is 11.6 Å². The smallest absolute Gasteiger partial charge is 0.266 e. The van der Waals surface area contributed by atoms with E-state index in [1.807, 2.05) is 61.5 Å². The highest BCUT2D eigenvalue weighted by Crippen LogP contribution is 2.42. The fourth-order valence-electron chi connectivity index (χ4n) is 4.10. The number of fused-ring (bicyclic) bond motifs is 1. The van der Waals surface area contributed by atoms with E-state index in [-0.39, 0.29) is 17.9 Å². The molecule has 0 bridgehead atoms. The van der Waals surface area contributed by atoms with Crippen LogP contribution in [-0.4, -0.2) is 24.0 Å². The molecule has 5 nitrogen and oxygen atoms in total. The van der Waals surface area contributed by atoms with Crippen LogP contribution in [0.3, 0.4) is 0 Å². The molecule has 3 atom stereocenters. The minimum Gasteiger partial charge on any atom is -0.273 e. The third-order valence-electron chi connectivity index (χ3n) is 5.32. The van der Waals surface area contributed by atoms with Crippen molar-refractivity contribution in [1.29, 1.82) is 0 Å². The Morgan fingerprint density at radius 3 is 2.30 bits per heavy atom. The summed E-state index contributed by atoms with van der Waals surface area (Å²) < 4.78 is 0. The number of hydroxylamine groups is 1. The number of amides is 2. The highest BCUT2D eigenvalue weighted by Gasteiger charge is 2.59. The molecule has 2 heterocycles. The van der Waals surface area contributed by atoms with Gasteiger partial charge in [0.2, 0.25) is 5.91 Å². The standard InChI is InChI=1S/C22H24N2O3/c1-14(2)13-18-19-20(27-24(18)16-10-5-4-6-11-16)22(26)23(21(19)25)17-12-8-7-9-15(17)3/h4-12,14,18-20H,13H2,1-3H3/t18-,19+,20+/m1/s1. The Kier molecular flexibility index (Phi) is 4.48. The first-order chi connectivity index (χ1) is 13.0. The number of benzene rings is 2. The molecule has 2 aromatic rings. The van der Waals surface area contributed by atoms with E-state index in [0.717, 1.165) is 17.7 Å². The Balaban J connectivity index is 1.71. The summed E-state index contributed by atoms with van der Waals surface area (Å²) in [6.07, 6.45) is 0.0116. The second-order valence-corrected chi connectivity index (χ2v) is 7.71. The average molecular weight is 364 g/mol. The van der Waals surface area contributed by atoms with Gasteiger partial charge in [-0.2, -0.15) is 0 Å². The van der Waals surface area contributed by atoms with Crippen LogP contribution >= 0.6 is 0 Å². The van der Waals surface area contributed by atoms with E-state index in [1.165, 1.54) is 4.90 Å². The predicted molar refractivity (Wildman–Crippen MR) is 104 cm³/mol. The van der Waals surface area contributed by atoms with Crippen LogP contribution in [0.25, 0.3) is 0 Å². The summed E-state index contributed by atoms with van der Waals surface area (Å²) >= 11 is 0. The third kappa shape index (κ3) is 2.92. The number of carbonyl (C=O) groups excluding carboxylic acids is 2. The quantitative estimate of drug-likeness (QED) is 0.776. The van der Waals surface area contributed by atoms with Gasteiger partial charge in [0.15, 0.2) is 6.10 Å². The molecule has 0 unspecified atom stereocenters. The summed E-state index contributed by atoms with van der Waals surface area (Å²) in [7, 11) is 0. The number of hydrogen-bond donors (Lipinski definition) is 0. The zero-order chi connectivity index (χ0) is 19.1. The lowest BCUT2D eigenvalue weighted by molar-refractivity contribution is -0.126. The van der Waals surface area contributed by atoms with E-state index in [9.17, 15) is 9.59 Å². The largest absolute Gasteiger partial charge is 0.273 e. The van der Waals surface area contributed by atoms with Crippen molar-refractivity contribution in [2.45, 2.75) is 39.3 Å². The maximum absolute atomic E-state index is 13.3. The van der Waals surface area contributed by atoms with Gasteiger partial charge >= 0.3 is 0 Å². The van der Waals surface area contributed by atoms with Gasteiger partial charge in [0.25, 0.3) is 5.91 Å².